The van der Waals surface area contributed by atoms with E-state index >= 15 is 0 Å². The smallest absolute Gasteiger partial charge is 0.261 e. The zero-order valence-corrected chi connectivity index (χ0v) is 15.4. The fourth-order valence-electron chi connectivity index (χ4n) is 2.90. The van der Waals surface area contributed by atoms with Crippen molar-refractivity contribution in [2.45, 2.75) is 19.6 Å². The Kier molecular flexibility index (Phi) is 5.09. The lowest BCUT2D eigenvalue weighted by atomic mass is 10.2. The van der Waals surface area contributed by atoms with Crippen LogP contribution in [0.4, 0.5) is 5.69 Å². The number of carbonyl (C=O) groups excluding carboxylic acids is 1. The maximum absolute atomic E-state index is 12.5. The van der Waals surface area contributed by atoms with Crippen molar-refractivity contribution in [2.75, 3.05) is 18.5 Å². The molecule has 0 bridgehead atoms. The van der Waals surface area contributed by atoms with Gasteiger partial charge in [0.25, 0.3) is 5.91 Å². The Morgan fingerprint density at radius 2 is 2.14 bits per heavy atom. The first-order chi connectivity index (χ1) is 13.7. The van der Waals surface area contributed by atoms with Crippen molar-refractivity contribution in [1.82, 2.24) is 14.8 Å². The molecular weight excluding hydrogens is 360 g/mol. The number of para-hydroxylation sites is 2. The first-order valence-corrected chi connectivity index (χ1v) is 9.03. The standard InChI is InChI=1S/C20H20N4O4/c1-2-26-20-16(6-5-9-21-20)19(25)23-14-10-22-24(11-14)12-15-13-27-17-7-3-4-8-18(17)28-15/h3-11,15H,2,12-13H2,1H3,(H,23,25)/t15-/m0/s1. The highest BCUT2D eigenvalue weighted by molar-refractivity contribution is 6.05. The molecular formula is C20H20N4O4. The molecule has 8 nitrogen and oxygen atoms in total. The SMILES string of the molecule is CCOc1ncccc1C(=O)Nc1cnn(C[C@H]2COc3ccccc3O2)c1. The summed E-state index contributed by atoms with van der Waals surface area (Å²) in [6.07, 6.45) is 4.76. The Balaban J connectivity index is 1.39. The van der Waals surface area contributed by atoms with E-state index in [1.54, 1.807) is 35.4 Å². The van der Waals surface area contributed by atoms with E-state index < -0.39 is 0 Å². The van der Waals surface area contributed by atoms with Gasteiger partial charge in [-0.2, -0.15) is 5.10 Å². The summed E-state index contributed by atoms with van der Waals surface area (Å²) in [7, 11) is 0. The van der Waals surface area contributed by atoms with Gasteiger partial charge in [0.1, 0.15) is 12.2 Å². The van der Waals surface area contributed by atoms with Crippen LogP contribution in [-0.2, 0) is 6.54 Å². The summed E-state index contributed by atoms with van der Waals surface area (Å²) in [5.41, 5.74) is 0.950. The van der Waals surface area contributed by atoms with Crippen molar-refractivity contribution in [2.24, 2.45) is 0 Å². The molecule has 0 saturated heterocycles. The van der Waals surface area contributed by atoms with Crippen molar-refractivity contribution >= 4 is 11.6 Å². The Labute approximate surface area is 162 Å². The molecule has 0 aliphatic carbocycles. The molecule has 0 saturated carbocycles. The van der Waals surface area contributed by atoms with Crippen molar-refractivity contribution in [1.29, 1.82) is 0 Å². The van der Waals surface area contributed by atoms with Gasteiger partial charge in [0.05, 0.1) is 25.0 Å². The van der Waals surface area contributed by atoms with Crippen LogP contribution in [0.15, 0.2) is 55.0 Å². The molecule has 28 heavy (non-hydrogen) atoms. The third-order valence-electron chi connectivity index (χ3n) is 4.15. The largest absolute Gasteiger partial charge is 0.486 e. The highest BCUT2D eigenvalue weighted by Crippen LogP contribution is 2.31. The molecule has 0 radical (unpaired) electrons. The highest BCUT2D eigenvalue weighted by Gasteiger charge is 2.21. The number of carbonyl (C=O) groups is 1. The van der Waals surface area contributed by atoms with Gasteiger partial charge in [-0.15, -0.1) is 0 Å². The number of rotatable bonds is 6. The molecule has 1 N–H and O–H groups in total. The Hall–Kier alpha value is -3.55. The summed E-state index contributed by atoms with van der Waals surface area (Å²) in [5, 5.41) is 7.11. The van der Waals surface area contributed by atoms with Crippen molar-refractivity contribution in [3.63, 3.8) is 0 Å². The first-order valence-electron chi connectivity index (χ1n) is 9.03. The molecule has 1 aliphatic heterocycles. The van der Waals surface area contributed by atoms with Crippen molar-refractivity contribution in [3.8, 4) is 17.4 Å². The summed E-state index contributed by atoms with van der Waals surface area (Å²) in [6, 6.07) is 10.9. The minimum atomic E-state index is -0.303. The minimum Gasteiger partial charge on any atom is -0.486 e. The number of nitrogens with zero attached hydrogens (tertiary/aromatic N) is 3. The molecule has 4 rings (SSSR count). The van der Waals surface area contributed by atoms with Gasteiger partial charge in [0.15, 0.2) is 17.6 Å². The number of hydrogen-bond acceptors (Lipinski definition) is 6. The van der Waals surface area contributed by atoms with Gasteiger partial charge in [-0.3, -0.25) is 9.48 Å². The van der Waals surface area contributed by atoms with Crippen molar-refractivity contribution < 1.29 is 19.0 Å². The first kappa shape index (κ1) is 17.8. The third-order valence-corrected chi connectivity index (χ3v) is 4.15. The molecule has 0 spiro atoms. The van der Waals surface area contributed by atoms with Gasteiger partial charge >= 0.3 is 0 Å². The topological polar surface area (TPSA) is 87.5 Å². The summed E-state index contributed by atoms with van der Waals surface area (Å²) in [4.78, 5) is 16.6. The summed E-state index contributed by atoms with van der Waals surface area (Å²) >= 11 is 0. The zero-order valence-electron chi connectivity index (χ0n) is 15.4. The Morgan fingerprint density at radius 3 is 3.00 bits per heavy atom. The monoisotopic (exact) mass is 380 g/mol. The number of aromatic nitrogens is 3. The van der Waals surface area contributed by atoms with Gasteiger partial charge < -0.3 is 19.5 Å². The number of amides is 1. The van der Waals surface area contributed by atoms with Crippen LogP contribution in [-0.4, -0.2) is 40.0 Å². The summed E-state index contributed by atoms with van der Waals surface area (Å²) < 4.78 is 18.8. The molecule has 1 aromatic carbocycles. The van der Waals surface area contributed by atoms with E-state index in [1.165, 1.54) is 0 Å². The second-order valence-corrected chi connectivity index (χ2v) is 6.19. The second kappa shape index (κ2) is 7.99. The fraction of sp³-hybridized carbons (Fsp3) is 0.250. The van der Waals surface area contributed by atoms with Crippen LogP contribution < -0.4 is 19.5 Å². The number of nitrogens with one attached hydrogen (secondary N) is 1. The predicted octanol–water partition coefficient (Wildman–Crippen LogP) is 2.77. The van der Waals surface area contributed by atoms with Crippen molar-refractivity contribution in [3.05, 3.63) is 60.6 Å². The average Bonchev–Trinajstić information content (AvgIpc) is 3.15. The normalized spacial score (nSPS) is 15.1. The predicted molar refractivity (Wildman–Crippen MR) is 102 cm³/mol. The molecule has 3 aromatic rings. The quantitative estimate of drug-likeness (QED) is 0.708. The molecule has 0 unspecified atom stereocenters. The van der Waals surface area contributed by atoms with E-state index in [-0.39, 0.29) is 12.0 Å². The van der Waals surface area contributed by atoms with E-state index in [2.05, 4.69) is 15.4 Å². The number of pyridine rings is 1. The van der Waals surface area contributed by atoms with Gasteiger partial charge in [-0.05, 0) is 31.2 Å². The molecule has 144 valence electrons. The van der Waals surface area contributed by atoms with Crippen LogP contribution >= 0.6 is 0 Å². The van der Waals surface area contributed by atoms with E-state index in [0.29, 0.717) is 36.9 Å². The third kappa shape index (κ3) is 3.90. The molecule has 1 atom stereocenters. The van der Waals surface area contributed by atoms with Gasteiger partial charge in [-0.25, -0.2) is 4.98 Å². The lowest BCUT2D eigenvalue weighted by Gasteiger charge is -2.26. The number of fused-ring (bicyclic) bond motifs is 1. The summed E-state index contributed by atoms with van der Waals surface area (Å²) in [6.45, 7) is 3.21. The Morgan fingerprint density at radius 1 is 1.29 bits per heavy atom. The maximum atomic E-state index is 12.5. The molecule has 2 aromatic heterocycles. The average molecular weight is 380 g/mol. The minimum absolute atomic E-state index is 0.166. The van der Waals surface area contributed by atoms with Crippen LogP contribution in [0.3, 0.4) is 0 Å². The lowest BCUT2D eigenvalue weighted by molar-refractivity contribution is 0.0759. The highest BCUT2D eigenvalue weighted by atomic mass is 16.6. The fourth-order valence-corrected chi connectivity index (χ4v) is 2.90. The van der Waals surface area contributed by atoms with E-state index in [9.17, 15) is 4.79 Å². The van der Waals surface area contributed by atoms with Crippen LogP contribution in [0.2, 0.25) is 0 Å². The Bertz CT molecular complexity index is 972. The van der Waals surface area contributed by atoms with Crippen LogP contribution in [0.1, 0.15) is 17.3 Å². The number of hydrogen-bond donors (Lipinski definition) is 1. The van der Waals surface area contributed by atoms with Gasteiger partial charge in [0.2, 0.25) is 5.88 Å². The zero-order chi connectivity index (χ0) is 19.3. The van der Waals surface area contributed by atoms with E-state index in [4.69, 9.17) is 14.2 Å². The van der Waals surface area contributed by atoms with E-state index in [0.717, 1.165) is 11.5 Å². The number of anilines is 1. The molecule has 1 aliphatic rings. The van der Waals surface area contributed by atoms with Crippen LogP contribution in [0.25, 0.3) is 0 Å². The number of benzene rings is 1. The van der Waals surface area contributed by atoms with Crippen LogP contribution in [0, 0.1) is 0 Å². The molecule has 1 amide bonds. The summed E-state index contributed by atoms with van der Waals surface area (Å²) in [5.74, 6) is 1.47. The molecule has 0 fully saturated rings. The lowest BCUT2D eigenvalue weighted by Crippen LogP contribution is -2.33. The van der Waals surface area contributed by atoms with Gasteiger partial charge in [-0.1, -0.05) is 12.1 Å². The maximum Gasteiger partial charge on any atom is 0.261 e. The second-order valence-electron chi connectivity index (χ2n) is 6.19. The number of ether oxygens (including phenoxy) is 3. The van der Waals surface area contributed by atoms with Gasteiger partial charge in [0, 0.05) is 12.4 Å². The van der Waals surface area contributed by atoms with E-state index in [1.807, 2.05) is 31.2 Å². The molecule has 8 heteroatoms. The molecule has 3 heterocycles. The van der Waals surface area contributed by atoms with Crippen LogP contribution in [0.5, 0.6) is 17.4 Å².